The molecular formula is C20H13BrClF3N2O2S2. The van der Waals surface area contributed by atoms with Crippen LogP contribution in [-0.2, 0) is 22.6 Å². The van der Waals surface area contributed by atoms with Gasteiger partial charge < -0.3 is 0 Å². The van der Waals surface area contributed by atoms with Crippen LogP contribution in [0.2, 0.25) is 4.34 Å². The van der Waals surface area contributed by atoms with Gasteiger partial charge in [0.1, 0.15) is 8.55 Å². The predicted octanol–water partition coefficient (Wildman–Crippen LogP) is 6.38. The lowest BCUT2D eigenvalue weighted by molar-refractivity contribution is -0.137. The molecule has 0 saturated carbocycles. The fourth-order valence-electron chi connectivity index (χ4n) is 3.19. The summed E-state index contributed by atoms with van der Waals surface area (Å²) < 4.78 is 67.5. The molecule has 0 bridgehead atoms. The van der Waals surface area contributed by atoms with Crippen molar-refractivity contribution >= 4 is 60.3 Å². The van der Waals surface area contributed by atoms with Crippen molar-refractivity contribution in [1.82, 2.24) is 0 Å². The Bertz CT molecular complexity index is 1270. The topological polar surface area (TPSA) is 58.5 Å². The van der Waals surface area contributed by atoms with Crippen molar-refractivity contribution < 1.29 is 21.6 Å². The van der Waals surface area contributed by atoms with Gasteiger partial charge in [-0.2, -0.15) is 13.2 Å². The molecule has 1 N–H and O–H groups in total. The lowest BCUT2D eigenvalue weighted by Crippen LogP contribution is -2.16. The second kappa shape index (κ2) is 8.23. The predicted molar refractivity (Wildman–Crippen MR) is 120 cm³/mol. The molecule has 1 aliphatic rings. The van der Waals surface area contributed by atoms with E-state index in [0.29, 0.717) is 49.9 Å². The molecule has 4 rings (SSSR count). The number of nitrogens with zero attached hydrogens (tertiary/aromatic N) is 1. The lowest BCUT2D eigenvalue weighted by Gasteiger charge is -2.19. The number of hydrogen-bond donors (Lipinski definition) is 1. The summed E-state index contributed by atoms with van der Waals surface area (Å²) in [7, 11) is -3.80. The highest BCUT2D eigenvalue weighted by atomic mass is 79.9. The number of fused-ring (bicyclic) bond motifs is 1. The fraction of sp³-hybridized carbons (Fsp3) is 0.150. The van der Waals surface area contributed by atoms with Crippen LogP contribution in [-0.4, -0.2) is 20.7 Å². The molecule has 0 spiro atoms. The minimum atomic E-state index is -4.40. The number of nitrogens with one attached hydrogen (secondary N) is 1. The van der Waals surface area contributed by atoms with Gasteiger partial charge in [-0.25, -0.2) is 8.42 Å². The third-order valence-corrected chi connectivity index (χ3v) is 8.97. The number of benzene rings is 2. The smallest absolute Gasteiger partial charge is 0.284 e. The van der Waals surface area contributed by atoms with E-state index in [1.807, 2.05) is 0 Å². The van der Waals surface area contributed by atoms with Crippen molar-refractivity contribution in [2.75, 3.05) is 11.3 Å². The Morgan fingerprint density at radius 3 is 2.42 bits per heavy atom. The SMILES string of the molecule is O=S(=O)(Nc1ccc(C2=NCCc3cc(C(F)(F)F)ccc32)cc1)c1cc(Br)c(Cl)s1. The molecule has 2 heterocycles. The van der Waals surface area contributed by atoms with E-state index in [4.69, 9.17) is 11.6 Å². The van der Waals surface area contributed by atoms with Gasteiger partial charge in [0.05, 0.1) is 11.3 Å². The van der Waals surface area contributed by atoms with E-state index in [9.17, 15) is 21.6 Å². The van der Waals surface area contributed by atoms with Crippen LogP contribution >= 0.6 is 38.9 Å². The summed E-state index contributed by atoms with van der Waals surface area (Å²) in [4.78, 5) is 4.48. The largest absolute Gasteiger partial charge is 0.416 e. The van der Waals surface area contributed by atoms with Gasteiger partial charge in [0, 0.05) is 27.8 Å². The highest BCUT2D eigenvalue weighted by molar-refractivity contribution is 9.10. The molecule has 0 atom stereocenters. The molecule has 2 aromatic carbocycles. The second-order valence-electron chi connectivity index (χ2n) is 6.72. The number of rotatable bonds is 4. The summed E-state index contributed by atoms with van der Waals surface area (Å²) in [5.41, 5.74) is 2.16. The van der Waals surface area contributed by atoms with E-state index in [-0.39, 0.29) is 4.21 Å². The van der Waals surface area contributed by atoms with E-state index in [0.717, 1.165) is 23.5 Å². The summed E-state index contributed by atoms with van der Waals surface area (Å²) >= 11 is 10.0. The van der Waals surface area contributed by atoms with Crippen molar-refractivity contribution in [2.45, 2.75) is 16.8 Å². The van der Waals surface area contributed by atoms with Crippen molar-refractivity contribution in [1.29, 1.82) is 0 Å². The average Bonchev–Trinajstić information content (AvgIpc) is 3.06. The monoisotopic (exact) mass is 548 g/mol. The van der Waals surface area contributed by atoms with Gasteiger partial charge in [0.15, 0.2) is 0 Å². The van der Waals surface area contributed by atoms with Crippen molar-refractivity contribution in [3.05, 3.63) is 79.6 Å². The van der Waals surface area contributed by atoms with Gasteiger partial charge in [-0.1, -0.05) is 29.8 Å². The number of hydrogen-bond acceptors (Lipinski definition) is 4. The van der Waals surface area contributed by atoms with E-state index in [1.165, 1.54) is 12.1 Å². The van der Waals surface area contributed by atoms with E-state index in [1.54, 1.807) is 24.3 Å². The summed E-state index contributed by atoms with van der Waals surface area (Å²) in [6.45, 7) is 0.381. The average molecular weight is 550 g/mol. The Hall–Kier alpha value is -1.88. The first-order valence-corrected chi connectivity index (χ1v) is 12.3. The third-order valence-electron chi connectivity index (χ3n) is 4.64. The van der Waals surface area contributed by atoms with E-state index < -0.39 is 21.8 Å². The van der Waals surface area contributed by atoms with Gasteiger partial charge in [-0.05, 0) is 58.2 Å². The third kappa shape index (κ3) is 4.67. The molecular weight excluding hydrogens is 537 g/mol. The molecule has 3 aromatic rings. The number of alkyl halides is 3. The maximum absolute atomic E-state index is 13.0. The molecule has 162 valence electrons. The number of aliphatic imine (C=N–C) groups is 1. The van der Waals surface area contributed by atoms with Gasteiger partial charge in [0.2, 0.25) is 0 Å². The molecule has 0 fully saturated rings. The van der Waals surface area contributed by atoms with Crippen molar-refractivity contribution in [3.8, 4) is 0 Å². The van der Waals surface area contributed by atoms with Crippen LogP contribution in [0.4, 0.5) is 18.9 Å². The van der Waals surface area contributed by atoms with Crippen LogP contribution < -0.4 is 4.72 Å². The molecule has 0 unspecified atom stereocenters. The molecule has 1 aliphatic heterocycles. The van der Waals surface area contributed by atoms with Crippen molar-refractivity contribution in [2.24, 2.45) is 4.99 Å². The lowest BCUT2D eigenvalue weighted by atomic mass is 9.92. The van der Waals surface area contributed by atoms with Gasteiger partial charge in [0.25, 0.3) is 10.0 Å². The zero-order valence-electron chi connectivity index (χ0n) is 15.5. The number of anilines is 1. The minimum absolute atomic E-state index is 0.0690. The summed E-state index contributed by atoms with van der Waals surface area (Å²) in [5, 5.41) is 0. The maximum Gasteiger partial charge on any atom is 0.416 e. The summed E-state index contributed by atoms with van der Waals surface area (Å²) in [6, 6.07) is 11.6. The van der Waals surface area contributed by atoms with Gasteiger partial charge in [-0.15, -0.1) is 11.3 Å². The number of thiophene rings is 1. The van der Waals surface area contributed by atoms with Crippen LogP contribution in [0.1, 0.15) is 22.3 Å². The molecule has 11 heteroatoms. The van der Waals surface area contributed by atoms with Crippen LogP contribution in [0.15, 0.2) is 62.2 Å². The first-order chi connectivity index (χ1) is 14.5. The summed E-state index contributed by atoms with van der Waals surface area (Å²) in [6.07, 6.45) is -3.97. The zero-order valence-corrected chi connectivity index (χ0v) is 19.5. The van der Waals surface area contributed by atoms with Crippen LogP contribution in [0, 0.1) is 0 Å². The number of halogens is 5. The van der Waals surface area contributed by atoms with Crippen molar-refractivity contribution in [3.63, 3.8) is 0 Å². The maximum atomic E-state index is 13.0. The molecule has 4 nitrogen and oxygen atoms in total. The molecule has 0 saturated heterocycles. The zero-order chi connectivity index (χ0) is 22.4. The van der Waals surface area contributed by atoms with Gasteiger partial charge >= 0.3 is 6.18 Å². The van der Waals surface area contributed by atoms with Gasteiger partial charge in [-0.3, -0.25) is 9.71 Å². The molecule has 31 heavy (non-hydrogen) atoms. The highest BCUT2D eigenvalue weighted by Gasteiger charge is 2.31. The quantitative estimate of drug-likeness (QED) is 0.411. The van der Waals surface area contributed by atoms with E-state index >= 15 is 0 Å². The standard InChI is InChI=1S/C20H13BrClF3N2O2S2/c21-16-10-17(30-19(16)22)31(28,29)27-14-4-1-11(2-5-14)18-15-6-3-13(20(23,24)25)9-12(15)7-8-26-18/h1-6,9-10,27H,7-8H2. The highest BCUT2D eigenvalue weighted by Crippen LogP contribution is 2.35. The van der Waals surface area contributed by atoms with E-state index in [2.05, 4.69) is 25.6 Å². The Labute approximate surface area is 194 Å². The molecule has 0 aliphatic carbocycles. The number of sulfonamides is 1. The Kier molecular flexibility index (Phi) is 5.93. The Morgan fingerprint density at radius 1 is 1.10 bits per heavy atom. The van der Waals surface area contributed by atoms with Crippen LogP contribution in [0.5, 0.6) is 0 Å². The van der Waals surface area contributed by atoms with Crippen LogP contribution in [0.25, 0.3) is 0 Å². The molecule has 0 radical (unpaired) electrons. The Balaban J connectivity index is 1.59. The minimum Gasteiger partial charge on any atom is -0.284 e. The van der Waals surface area contributed by atoms with Crippen LogP contribution in [0.3, 0.4) is 0 Å². The summed E-state index contributed by atoms with van der Waals surface area (Å²) in [5.74, 6) is 0. The molecule has 0 amide bonds. The Morgan fingerprint density at radius 2 is 1.81 bits per heavy atom. The first kappa shape index (κ1) is 22.3. The first-order valence-electron chi connectivity index (χ1n) is 8.87. The fourth-order valence-corrected chi connectivity index (χ4v) is 6.55. The normalized spacial score (nSPS) is 14.2. The molecule has 1 aromatic heterocycles. The second-order valence-corrected chi connectivity index (χ2v) is 11.1.